The van der Waals surface area contributed by atoms with E-state index in [2.05, 4.69) is 27.3 Å². The van der Waals surface area contributed by atoms with Crippen molar-refractivity contribution in [3.63, 3.8) is 0 Å². The minimum absolute atomic E-state index is 0.148. The number of nitrogens with zero attached hydrogens (tertiary/aromatic N) is 2. The monoisotopic (exact) mass is 423 g/mol. The summed E-state index contributed by atoms with van der Waals surface area (Å²) in [4.78, 5) is 26.6. The van der Waals surface area contributed by atoms with Crippen LogP contribution in [0.1, 0.15) is 33.5 Å². The number of halogens is 1. The highest BCUT2D eigenvalue weighted by Crippen LogP contribution is 2.37. The molecule has 7 nitrogen and oxygen atoms in total. The molecule has 3 heterocycles. The molecule has 1 N–H and O–H groups in total. The molecule has 0 aromatic carbocycles. The first-order valence-corrected chi connectivity index (χ1v) is 9.17. The van der Waals surface area contributed by atoms with Gasteiger partial charge in [-0.05, 0) is 47.0 Å². The third-order valence-electron chi connectivity index (χ3n) is 3.72. The zero-order valence-electron chi connectivity index (χ0n) is 13.3. The van der Waals surface area contributed by atoms with Crippen LogP contribution in [0, 0.1) is 11.3 Å². The Labute approximate surface area is 156 Å². The molecule has 0 saturated heterocycles. The molecular formula is C16H14BrN3O4S. The number of nitriles is 1. The summed E-state index contributed by atoms with van der Waals surface area (Å²) >= 11 is 4.45. The topological polar surface area (TPSA) is 95.6 Å². The number of hydrogen-bond donors (Lipinski definition) is 1. The molecule has 2 amide bonds. The van der Waals surface area contributed by atoms with Gasteiger partial charge in [-0.2, -0.15) is 5.26 Å². The molecule has 130 valence electrons. The normalized spacial score (nSPS) is 13.1. The molecule has 2 aromatic rings. The van der Waals surface area contributed by atoms with Crippen LogP contribution < -0.4 is 5.32 Å². The van der Waals surface area contributed by atoms with Gasteiger partial charge in [0, 0.05) is 11.4 Å². The summed E-state index contributed by atoms with van der Waals surface area (Å²) < 4.78 is 10.7. The molecule has 0 bridgehead atoms. The van der Waals surface area contributed by atoms with Crippen molar-refractivity contribution >= 4 is 44.3 Å². The van der Waals surface area contributed by atoms with Gasteiger partial charge in [-0.3, -0.25) is 4.79 Å². The van der Waals surface area contributed by atoms with Gasteiger partial charge in [0.05, 0.1) is 18.7 Å². The van der Waals surface area contributed by atoms with Gasteiger partial charge in [0.2, 0.25) is 0 Å². The second-order valence-electron chi connectivity index (χ2n) is 5.25. The Balaban J connectivity index is 1.82. The molecule has 0 aliphatic carbocycles. The van der Waals surface area contributed by atoms with Crippen LogP contribution in [0.2, 0.25) is 0 Å². The van der Waals surface area contributed by atoms with Crippen LogP contribution in [0.15, 0.2) is 21.2 Å². The number of amides is 2. The van der Waals surface area contributed by atoms with Crippen molar-refractivity contribution in [3.8, 4) is 6.07 Å². The summed E-state index contributed by atoms with van der Waals surface area (Å²) in [6.45, 7) is 2.92. The first kappa shape index (κ1) is 17.5. The van der Waals surface area contributed by atoms with Crippen LogP contribution in [0.25, 0.3) is 0 Å². The molecule has 2 aromatic heterocycles. The lowest BCUT2D eigenvalue weighted by molar-refractivity contribution is 0.0994. The van der Waals surface area contributed by atoms with E-state index < -0.39 is 5.91 Å². The highest BCUT2D eigenvalue weighted by molar-refractivity contribution is 9.10. The molecule has 1 aliphatic rings. The molecule has 9 heteroatoms. The number of fused-ring (bicyclic) bond motifs is 1. The number of thiophene rings is 1. The minimum Gasteiger partial charge on any atom is -0.450 e. The second kappa shape index (κ2) is 7.29. The predicted molar refractivity (Wildman–Crippen MR) is 94.5 cm³/mol. The van der Waals surface area contributed by atoms with E-state index in [1.807, 2.05) is 0 Å². The molecule has 0 spiro atoms. The Morgan fingerprint density at radius 1 is 1.52 bits per heavy atom. The van der Waals surface area contributed by atoms with E-state index in [4.69, 9.17) is 9.15 Å². The first-order chi connectivity index (χ1) is 12.0. The van der Waals surface area contributed by atoms with Crippen molar-refractivity contribution in [3.05, 3.63) is 38.6 Å². The Morgan fingerprint density at radius 3 is 2.96 bits per heavy atom. The molecule has 0 atom stereocenters. The molecule has 0 fully saturated rings. The Hall–Kier alpha value is -2.31. The summed E-state index contributed by atoms with van der Waals surface area (Å²) in [5.41, 5.74) is 1.33. The van der Waals surface area contributed by atoms with E-state index in [0.29, 0.717) is 41.4 Å². The predicted octanol–water partition coefficient (Wildman–Crippen LogP) is 3.74. The van der Waals surface area contributed by atoms with Crippen LogP contribution in [0.4, 0.5) is 9.80 Å². The van der Waals surface area contributed by atoms with Crippen LogP contribution in [0.5, 0.6) is 0 Å². The van der Waals surface area contributed by atoms with Gasteiger partial charge in [0.25, 0.3) is 5.91 Å². The average molecular weight is 424 g/mol. The summed E-state index contributed by atoms with van der Waals surface area (Å²) in [5, 5.41) is 12.7. The lowest BCUT2D eigenvalue weighted by Crippen LogP contribution is -2.35. The van der Waals surface area contributed by atoms with E-state index in [9.17, 15) is 14.9 Å². The lowest BCUT2D eigenvalue weighted by atomic mass is 10.0. The highest BCUT2D eigenvalue weighted by atomic mass is 79.9. The second-order valence-corrected chi connectivity index (χ2v) is 7.13. The van der Waals surface area contributed by atoms with E-state index >= 15 is 0 Å². The van der Waals surface area contributed by atoms with Gasteiger partial charge in [0.15, 0.2) is 10.4 Å². The maximum atomic E-state index is 12.3. The number of ether oxygens (including phenoxy) is 1. The minimum atomic E-state index is -0.428. The van der Waals surface area contributed by atoms with Crippen LogP contribution >= 0.6 is 27.3 Å². The van der Waals surface area contributed by atoms with Crippen molar-refractivity contribution in [2.24, 2.45) is 0 Å². The molecule has 0 unspecified atom stereocenters. The van der Waals surface area contributed by atoms with E-state index in [0.717, 1.165) is 10.4 Å². The van der Waals surface area contributed by atoms with Crippen molar-refractivity contribution in [2.75, 3.05) is 18.5 Å². The van der Waals surface area contributed by atoms with Crippen LogP contribution in [-0.4, -0.2) is 30.1 Å². The van der Waals surface area contributed by atoms with E-state index in [1.54, 1.807) is 24.0 Å². The Morgan fingerprint density at radius 2 is 2.32 bits per heavy atom. The lowest BCUT2D eigenvalue weighted by Gasteiger charge is -2.25. The smallest absolute Gasteiger partial charge is 0.410 e. The van der Waals surface area contributed by atoms with E-state index in [-0.39, 0.29) is 11.9 Å². The fraction of sp³-hybridized carbons (Fsp3) is 0.312. The largest absolute Gasteiger partial charge is 0.450 e. The standard InChI is InChI=1S/C16H14BrN3O4S/c1-2-23-16(22)20-6-5-9-10(7-18)15(25-12(9)8-20)19-14(21)11-3-4-13(17)24-11/h3-4H,2,5-6,8H2,1H3,(H,19,21). The fourth-order valence-corrected chi connectivity index (χ4v) is 4.10. The molecule has 25 heavy (non-hydrogen) atoms. The average Bonchev–Trinajstić information content (AvgIpc) is 3.17. The van der Waals surface area contributed by atoms with Crippen molar-refractivity contribution in [1.29, 1.82) is 5.26 Å². The zero-order chi connectivity index (χ0) is 18.0. The van der Waals surface area contributed by atoms with Crippen LogP contribution in [0.3, 0.4) is 0 Å². The third-order valence-corrected chi connectivity index (χ3v) is 5.28. The highest BCUT2D eigenvalue weighted by Gasteiger charge is 2.28. The summed E-state index contributed by atoms with van der Waals surface area (Å²) in [7, 11) is 0. The molecule has 0 radical (unpaired) electrons. The van der Waals surface area contributed by atoms with Gasteiger partial charge < -0.3 is 19.4 Å². The van der Waals surface area contributed by atoms with Gasteiger partial charge in [-0.1, -0.05) is 0 Å². The number of rotatable bonds is 3. The maximum Gasteiger partial charge on any atom is 0.410 e. The SMILES string of the molecule is CCOC(=O)N1CCc2c(sc(NC(=O)c3ccc(Br)o3)c2C#N)C1. The van der Waals surface area contributed by atoms with Gasteiger partial charge in [-0.25, -0.2) is 4.79 Å². The summed E-state index contributed by atoms with van der Waals surface area (Å²) in [5.74, 6) is -0.279. The number of nitrogens with one attached hydrogen (secondary N) is 1. The number of carbonyl (C=O) groups is 2. The van der Waals surface area contributed by atoms with Crippen LogP contribution in [-0.2, 0) is 17.7 Å². The quantitative estimate of drug-likeness (QED) is 0.810. The zero-order valence-corrected chi connectivity index (χ0v) is 15.7. The number of carbonyl (C=O) groups excluding carboxylic acids is 2. The maximum absolute atomic E-state index is 12.3. The number of furan rings is 1. The number of anilines is 1. The first-order valence-electron chi connectivity index (χ1n) is 7.56. The van der Waals surface area contributed by atoms with Gasteiger partial charge in [0.1, 0.15) is 11.1 Å². The van der Waals surface area contributed by atoms with E-state index in [1.165, 1.54) is 11.3 Å². The van der Waals surface area contributed by atoms with Gasteiger partial charge in [-0.15, -0.1) is 11.3 Å². The van der Waals surface area contributed by atoms with Crippen molar-refractivity contribution in [1.82, 2.24) is 4.90 Å². The molecule has 3 rings (SSSR count). The van der Waals surface area contributed by atoms with Crippen molar-refractivity contribution < 1.29 is 18.7 Å². The Bertz CT molecular complexity index is 867. The molecular weight excluding hydrogens is 410 g/mol. The Kier molecular flexibility index (Phi) is 5.11. The van der Waals surface area contributed by atoms with Gasteiger partial charge >= 0.3 is 6.09 Å². The summed E-state index contributed by atoms with van der Waals surface area (Å²) in [6.07, 6.45) is 0.182. The fourth-order valence-electron chi connectivity index (χ4n) is 2.58. The van der Waals surface area contributed by atoms with Crippen molar-refractivity contribution in [2.45, 2.75) is 19.9 Å². The molecule has 0 saturated carbocycles. The number of hydrogen-bond acceptors (Lipinski definition) is 6. The molecule has 1 aliphatic heterocycles. The summed E-state index contributed by atoms with van der Waals surface area (Å²) in [6, 6.07) is 5.32. The third kappa shape index (κ3) is 3.55.